The second-order valence-electron chi connectivity index (χ2n) is 6.76. The summed E-state index contributed by atoms with van der Waals surface area (Å²) >= 11 is 0. The van der Waals surface area contributed by atoms with Crippen molar-refractivity contribution in [3.63, 3.8) is 0 Å². The molecule has 1 spiro atoms. The van der Waals surface area contributed by atoms with Crippen molar-refractivity contribution < 1.29 is 28.5 Å². The summed E-state index contributed by atoms with van der Waals surface area (Å²) in [4.78, 5) is 25.7. The van der Waals surface area contributed by atoms with Crippen LogP contribution in [-0.2, 0) is 19.1 Å². The van der Waals surface area contributed by atoms with Gasteiger partial charge in [0.1, 0.15) is 11.5 Å². The molecule has 1 fully saturated rings. The van der Waals surface area contributed by atoms with Crippen molar-refractivity contribution in [2.45, 2.75) is 38.4 Å². The molecule has 1 aromatic rings. The van der Waals surface area contributed by atoms with Crippen molar-refractivity contribution >= 4 is 11.9 Å². The number of rotatable bonds is 3. The number of hydrogen-bond donors (Lipinski definition) is 0. The van der Waals surface area contributed by atoms with E-state index in [0.717, 1.165) is 5.56 Å². The van der Waals surface area contributed by atoms with E-state index in [1.54, 1.807) is 34.1 Å². The molecule has 0 aromatic heterocycles. The van der Waals surface area contributed by atoms with Crippen LogP contribution in [0.25, 0.3) is 0 Å². The largest absolute Gasteiger partial charge is 0.497 e. The molecule has 6 heteroatoms. The molecule has 2 aliphatic rings. The van der Waals surface area contributed by atoms with Gasteiger partial charge in [-0.25, -0.2) is 0 Å². The van der Waals surface area contributed by atoms with Gasteiger partial charge in [-0.15, -0.1) is 0 Å². The zero-order valence-electron chi connectivity index (χ0n) is 14.8. The van der Waals surface area contributed by atoms with Crippen LogP contribution in [0.1, 0.15) is 38.2 Å². The van der Waals surface area contributed by atoms with Gasteiger partial charge < -0.3 is 18.9 Å². The van der Waals surface area contributed by atoms with E-state index in [4.69, 9.17) is 18.9 Å². The van der Waals surface area contributed by atoms with Gasteiger partial charge in [-0.3, -0.25) is 9.59 Å². The lowest BCUT2D eigenvalue weighted by atomic mass is 9.65. The van der Waals surface area contributed by atoms with Gasteiger partial charge >= 0.3 is 11.9 Å². The highest BCUT2D eigenvalue weighted by Crippen LogP contribution is 2.51. The van der Waals surface area contributed by atoms with Gasteiger partial charge in [0.15, 0.2) is 5.41 Å². The molecule has 1 aromatic carbocycles. The maximum absolute atomic E-state index is 12.9. The van der Waals surface area contributed by atoms with Crippen molar-refractivity contribution in [1.82, 2.24) is 0 Å². The van der Waals surface area contributed by atoms with Crippen LogP contribution >= 0.6 is 0 Å². The molecule has 134 valence electrons. The smallest absolute Gasteiger partial charge is 0.327 e. The Morgan fingerprint density at radius 3 is 2.04 bits per heavy atom. The van der Waals surface area contributed by atoms with E-state index in [1.807, 2.05) is 24.3 Å². The fourth-order valence-electron chi connectivity index (χ4n) is 3.48. The first-order valence-corrected chi connectivity index (χ1v) is 8.17. The standard InChI is InChI=1S/C19H22O6/c1-18(2)24-16(20)19(17(21)25-18)8-6-5-7-15(19)12-9-13(22-3)11-14(10-12)23-4/h5-6,9-11,15H,7-8H2,1-4H3. The molecule has 0 N–H and O–H groups in total. The topological polar surface area (TPSA) is 71.1 Å². The molecule has 1 unspecified atom stereocenters. The number of esters is 2. The molecule has 3 rings (SSSR count). The third kappa shape index (κ3) is 2.86. The predicted molar refractivity (Wildman–Crippen MR) is 89.4 cm³/mol. The van der Waals surface area contributed by atoms with E-state index in [1.165, 1.54) is 0 Å². The van der Waals surface area contributed by atoms with Crippen LogP contribution in [0.3, 0.4) is 0 Å². The van der Waals surface area contributed by atoms with Gasteiger partial charge in [0, 0.05) is 25.8 Å². The normalized spacial score (nSPS) is 23.8. The average Bonchev–Trinajstić information content (AvgIpc) is 2.58. The summed E-state index contributed by atoms with van der Waals surface area (Å²) < 4.78 is 21.5. The van der Waals surface area contributed by atoms with Crippen LogP contribution in [0.2, 0.25) is 0 Å². The molecule has 1 aliphatic carbocycles. The summed E-state index contributed by atoms with van der Waals surface area (Å²) in [7, 11) is 3.11. The van der Waals surface area contributed by atoms with Gasteiger partial charge in [-0.2, -0.15) is 0 Å². The highest BCUT2D eigenvalue weighted by Gasteiger charge is 2.60. The molecule has 0 radical (unpaired) electrons. The molecule has 1 atom stereocenters. The summed E-state index contributed by atoms with van der Waals surface area (Å²) in [5, 5.41) is 0. The van der Waals surface area contributed by atoms with Crippen LogP contribution < -0.4 is 9.47 Å². The molecule has 1 heterocycles. The van der Waals surface area contributed by atoms with Crippen LogP contribution in [-0.4, -0.2) is 31.9 Å². The summed E-state index contributed by atoms with van der Waals surface area (Å²) in [5.41, 5.74) is -0.615. The maximum Gasteiger partial charge on any atom is 0.327 e. The van der Waals surface area contributed by atoms with E-state index in [2.05, 4.69) is 0 Å². The van der Waals surface area contributed by atoms with Gasteiger partial charge in [-0.1, -0.05) is 12.2 Å². The number of benzene rings is 1. The number of cyclic esters (lactones) is 2. The number of carbonyl (C=O) groups excluding carboxylic acids is 2. The Labute approximate surface area is 146 Å². The van der Waals surface area contributed by atoms with Crippen molar-refractivity contribution in [3.05, 3.63) is 35.9 Å². The Hall–Kier alpha value is -2.50. The van der Waals surface area contributed by atoms with Crippen molar-refractivity contribution in [1.29, 1.82) is 0 Å². The lowest BCUT2D eigenvalue weighted by molar-refractivity contribution is -0.253. The predicted octanol–water partition coefficient (Wildman–Crippen LogP) is 2.96. The third-order valence-electron chi connectivity index (χ3n) is 4.75. The average molecular weight is 346 g/mol. The molecule has 0 saturated carbocycles. The number of hydrogen-bond acceptors (Lipinski definition) is 6. The fourth-order valence-corrected chi connectivity index (χ4v) is 3.48. The Bertz CT molecular complexity index is 691. The van der Waals surface area contributed by atoms with E-state index >= 15 is 0 Å². The highest BCUT2D eigenvalue weighted by molar-refractivity contribution is 6.03. The zero-order valence-corrected chi connectivity index (χ0v) is 14.8. The Morgan fingerprint density at radius 1 is 0.960 bits per heavy atom. The van der Waals surface area contributed by atoms with E-state index in [-0.39, 0.29) is 6.42 Å². The van der Waals surface area contributed by atoms with E-state index < -0.39 is 29.1 Å². The van der Waals surface area contributed by atoms with Crippen LogP contribution in [0.15, 0.2) is 30.4 Å². The zero-order chi connectivity index (χ0) is 18.2. The first-order valence-electron chi connectivity index (χ1n) is 8.17. The summed E-state index contributed by atoms with van der Waals surface area (Å²) in [6.07, 6.45) is 4.54. The lowest BCUT2D eigenvalue weighted by Crippen LogP contribution is -2.56. The molecule has 25 heavy (non-hydrogen) atoms. The number of allylic oxidation sites excluding steroid dienone is 2. The number of ether oxygens (including phenoxy) is 4. The molecular formula is C19H22O6. The molecule has 0 bridgehead atoms. The lowest BCUT2D eigenvalue weighted by Gasteiger charge is -2.44. The second-order valence-corrected chi connectivity index (χ2v) is 6.76. The van der Waals surface area contributed by atoms with E-state index in [0.29, 0.717) is 17.9 Å². The fraction of sp³-hybridized carbons (Fsp3) is 0.474. The van der Waals surface area contributed by atoms with Gasteiger partial charge in [0.2, 0.25) is 0 Å². The quantitative estimate of drug-likeness (QED) is 0.476. The Kier molecular flexibility index (Phi) is 4.22. The van der Waals surface area contributed by atoms with Crippen LogP contribution in [0.5, 0.6) is 11.5 Å². The van der Waals surface area contributed by atoms with Crippen molar-refractivity contribution in [2.24, 2.45) is 5.41 Å². The van der Waals surface area contributed by atoms with Crippen LogP contribution in [0, 0.1) is 5.41 Å². The highest BCUT2D eigenvalue weighted by atomic mass is 16.7. The number of methoxy groups -OCH3 is 2. The summed E-state index contributed by atoms with van der Waals surface area (Å²) in [5.74, 6) is -1.58. The second kappa shape index (κ2) is 6.10. The molecule has 1 aliphatic heterocycles. The molecule has 6 nitrogen and oxygen atoms in total. The monoisotopic (exact) mass is 346 g/mol. The first-order chi connectivity index (χ1) is 11.8. The molecular weight excluding hydrogens is 324 g/mol. The number of carbonyl (C=O) groups is 2. The van der Waals surface area contributed by atoms with Crippen molar-refractivity contribution in [2.75, 3.05) is 14.2 Å². The SMILES string of the molecule is COc1cc(OC)cc(C2CC=CCC23C(=O)OC(C)(C)OC3=O)c1. The third-order valence-corrected chi connectivity index (χ3v) is 4.75. The minimum Gasteiger partial charge on any atom is -0.497 e. The van der Waals surface area contributed by atoms with Crippen LogP contribution in [0.4, 0.5) is 0 Å². The van der Waals surface area contributed by atoms with Crippen molar-refractivity contribution in [3.8, 4) is 11.5 Å². The minimum absolute atomic E-state index is 0.241. The molecule has 0 amide bonds. The van der Waals surface area contributed by atoms with Gasteiger partial charge in [0.25, 0.3) is 5.79 Å². The summed E-state index contributed by atoms with van der Waals surface area (Å²) in [6, 6.07) is 5.37. The van der Waals surface area contributed by atoms with E-state index in [9.17, 15) is 9.59 Å². The Balaban J connectivity index is 2.10. The van der Waals surface area contributed by atoms with Gasteiger partial charge in [-0.05, 0) is 30.5 Å². The molecule has 1 saturated heterocycles. The van der Waals surface area contributed by atoms with Gasteiger partial charge in [0.05, 0.1) is 14.2 Å². The first kappa shape index (κ1) is 17.3. The minimum atomic E-state index is -1.39. The Morgan fingerprint density at radius 2 is 1.52 bits per heavy atom. The maximum atomic E-state index is 12.9. The summed E-state index contributed by atoms with van der Waals surface area (Å²) in [6.45, 7) is 3.11.